The van der Waals surface area contributed by atoms with E-state index < -0.39 is 59.2 Å². The van der Waals surface area contributed by atoms with Gasteiger partial charge in [-0.1, -0.05) is 20.8 Å². The summed E-state index contributed by atoms with van der Waals surface area (Å²) in [6.07, 6.45) is -5.80. The average Bonchev–Trinajstić information content (AvgIpc) is 2.88. The van der Waals surface area contributed by atoms with E-state index in [1.54, 1.807) is 13.8 Å². The Hall–Kier alpha value is -0.280. The van der Waals surface area contributed by atoms with Crippen LogP contribution in [0.25, 0.3) is 0 Å². The van der Waals surface area contributed by atoms with E-state index in [1.165, 1.54) is 0 Å². The molecule has 1 unspecified atom stereocenters. The maximum absolute atomic E-state index is 11.5. The van der Waals surface area contributed by atoms with Crippen molar-refractivity contribution >= 4 is 0 Å². The first-order chi connectivity index (χ1) is 12.4. The second-order valence-corrected chi connectivity index (χ2v) is 10.9. The molecule has 1 saturated heterocycles. The third-order valence-corrected chi connectivity index (χ3v) is 9.55. The highest BCUT2D eigenvalue weighted by molar-refractivity contribution is 5.31. The van der Waals surface area contributed by atoms with Crippen LogP contribution in [0.4, 0.5) is 0 Å². The molecule has 13 atom stereocenters. The predicted molar refractivity (Wildman–Crippen MR) is 93.0 cm³/mol. The van der Waals surface area contributed by atoms with Gasteiger partial charge < -0.3 is 35.4 Å². The number of fused-ring (bicyclic) bond motifs is 2. The minimum Gasteiger partial charge on any atom is -0.392 e. The lowest BCUT2D eigenvalue weighted by Crippen LogP contribution is -2.63. The van der Waals surface area contributed by atoms with Crippen LogP contribution < -0.4 is 0 Å². The van der Waals surface area contributed by atoms with Gasteiger partial charge in [0, 0.05) is 11.8 Å². The smallest absolute Gasteiger partial charge is 0.166 e. The first-order valence-electron chi connectivity index (χ1n) is 10.2. The normalized spacial score (nSPS) is 68.7. The summed E-state index contributed by atoms with van der Waals surface area (Å²) >= 11 is 0. The molecule has 0 radical (unpaired) electrons. The van der Waals surface area contributed by atoms with Crippen molar-refractivity contribution in [2.75, 3.05) is 0 Å². The van der Waals surface area contributed by atoms with Gasteiger partial charge in [-0.05, 0) is 42.9 Å². The van der Waals surface area contributed by atoms with Crippen molar-refractivity contribution in [3.05, 3.63) is 0 Å². The zero-order valence-corrected chi connectivity index (χ0v) is 16.3. The lowest BCUT2D eigenvalue weighted by atomic mass is 9.57. The zero-order chi connectivity index (χ0) is 19.9. The molecule has 7 nitrogen and oxygen atoms in total. The second-order valence-electron chi connectivity index (χ2n) is 10.9. The highest BCUT2D eigenvalue weighted by atomic mass is 16.6. The summed E-state index contributed by atoms with van der Waals surface area (Å²) in [5.41, 5.74) is -4.63. The van der Waals surface area contributed by atoms with E-state index in [-0.39, 0.29) is 29.6 Å². The van der Waals surface area contributed by atoms with E-state index in [0.717, 1.165) is 0 Å². The Morgan fingerprint density at radius 2 is 1.59 bits per heavy atom. The minimum atomic E-state index is -1.74. The van der Waals surface area contributed by atoms with Crippen LogP contribution in [0, 0.1) is 40.4 Å². The van der Waals surface area contributed by atoms with Gasteiger partial charge in [-0.3, -0.25) is 0 Å². The predicted octanol–water partition coefficient (Wildman–Crippen LogP) is -0.783. The minimum absolute atomic E-state index is 0.0457. The molecule has 4 aliphatic carbocycles. The van der Waals surface area contributed by atoms with E-state index in [2.05, 4.69) is 13.8 Å². The topological polar surface area (TPSA) is 131 Å². The Balaban J connectivity index is 1.76. The van der Waals surface area contributed by atoms with Gasteiger partial charge in [0.05, 0.1) is 23.7 Å². The fourth-order valence-corrected chi connectivity index (χ4v) is 8.19. The third-order valence-electron chi connectivity index (χ3n) is 9.55. The van der Waals surface area contributed by atoms with E-state index in [1.807, 2.05) is 0 Å². The second kappa shape index (κ2) is 4.89. The molecule has 5 rings (SSSR count). The first kappa shape index (κ1) is 18.7. The molecule has 0 aromatic carbocycles. The van der Waals surface area contributed by atoms with Crippen LogP contribution in [0.1, 0.15) is 40.5 Å². The van der Waals surface area contributed by atoms with Gasteiger partial charge in [-0.2, -0.15) is 0 Å². The average molecular weight is 384 g/mol. The Kier molecular flexibility index (Phi) is 3.39. The first-order valence-corrected chi connectivity index (χ1v) is 10.2. The Labute approximate surface area is 159 Å². The van der Waals surface area contributed by atoms with E-state index in [0.29, 0.717) is 6.42 Å². The van der Waals surface area contributed by atoms with Gasteiger partial charge in [0.15, 0.2) is 6.29 Å². The van der Waals surface area contributed by atoms with Crippen molar-refractivity contribution in [2.45, 2.75) is 82.4 Å². The van der Waals surface area contributed by atoms with Gasteiger partial charge in [0.2, 0.25) is 0 Å². The zero-order valence-electron chi connectivity index (χ0n) is 16.3. The van der Waals surface area contributed by atoms with Crippen molar-refractivity contribution in [2.24, 2.45) is 40.4 Å². The van der Waals surface area contributed by atoms with Crippen molar-refractivity contribution in [1.82, 2.24) is 0 Å². The number of hydrogen-bond acceptors (Lipinski definition) is 7. The van der Waals surface area contributed by atoms with Crippen molar-refractivity contribution in [3.63, 3.8) is 0 Å². The summed E-state index contributed by atoms with van der Waals surface area (Å²) in [4.78, 5) is 0. The van der Waals surface area contributed by atoms with Gasteiger partial charge in [0.25, 0.3) is 0 Å². The molecule has 0 aromatic rings. The third kappa shape index (κ3) is 1.72. The summed E-state index contributed by atoms with van der Waals surface area (Å²) in [6.45, 7) is 7.64. The Morgan fingerprint density at radius 1 is 0.963 bits per heavy atom. The molecule has 0 spiro atoms. The highest BCUT2D eigenvalue weighted by Gasteiger charge is 2.85. The molecule has 0 amide bonds. The summed E-state index contributed by atoms with van der Waals surface area (Å²) in [7, 11) is 0. The van der Waals surface area contributed by atoms with Gasteiger partial charge in [-0.25, -0.2) is 0 Å². The molecule has 1 heterocycles. The van der Waals surface area contributed by atoms with Crippen LogP contribution >= 0.6 is 0 Å². The molecule has 5 fully saturated rings. The number of aliphatic hydroxyl groups is 6. The maximum atomic E-state index is 11.5. The molecule has 7 heteroatoms. The van der Waals surface area contributed by atoms with E-state index >= 15 is 0 Å². The number of hydrogen-bond donors (Lipinski definition) is 6. The summed E-state index contributed by atoms with van der Waals surface area (Å²) in [5.74, 6) is -1.66. The number of aliphatic hydroxyl groups excluding tert-OH is 5. The van der Waals surface area contributed by atoms with Crippen LogP contribution in [0.15, 0.2) is 0 Å². The molecule has 154 valence electrons. The summed E-state index contributed by atoms with van der Waals surface area (Å²) in [5, 5.41) is 67.4. The lowest BCUT2D eigenvalue weighted by molar-refractivity contribution is -0.280. The monoisotopic (exact) mass is 384 g/mol. The van der Waals surface area contributed by atoms with Crippen molar-refractivity contribution in [1.29, 1.82) is 0 Å². The van der Waals surface area contributed by atoms with Crippen LogP contribution in [0.2, 0.25) is 0 Å². The summed E-state index contributed by atoms with van der Waals surface area (Å²) in [6, 6.07) is 0. The SMILES string of the molecule is C[C@H]1C[C@@]2(O)[C@H]([C@H]1O)[C@@H](O)[C@]13C(O)O[C@](C)([C@H]2O)[C@@H]1[C@@H]1[C@H](C[C@H]3O)C1(C)C. The fourth-order valence-electron chi connectivity index (χ4n) is 8.19. The molecule has 4 saturated carbocycles. The van der Waals surface area contributed by atoms with E-state index in [9.17, 15) is 30.6 Å². The number of ether oxygens (including phenoxy) is 1. The molecule has 5 aliphatic rings. The largest absolute Gasteiger partial charge is 0.392 e. The molecule has 1 aliphatic heterocycles. The van der Waals surface area contributed by atoms with E-state index in [4.69, 9.17) is 4.74 Å². The Bertz CT molecular complexity index is 683. The number of rotatable bonds is 0. The highest BCUT2D eigenvalue weighted by Crippen LogP contribution is 2.78. The molecule has 6 N–H and O–H groups in total. The lowest BCUT2D eigenvalue weighted by Gasteiger charge is -2.49. The maximum Gasteiger partial charge on any atom is 0.166 e. The van der Waals surface area contributed by atoms with Gasteiger partial charge in [0.1, 0.15) is 17.3 Å². The summed E-state index contributed by atoms with van der Waals surface area (Å²) < 4.78 is 5.92. The fraction of sp³-hybridized carbons (Fsp3) is 1.00. The van der Waals surface area contributed by atoms with Crippen LogP contribution in [0.3, 0.4) is 0 Å². The molecular weight excluding hydrogens is 352 g/mol. The molecule has 27 heavy (non-hydrogen) atoms. The van der Waals surface area contributed by atoms with Crippen molar-refractivity contribution < 1.29 is 35.4 Å². The quantitative estimate of drug-likeness (QED) is 0.323. The molecule has 2 bridgehead atoms. The Morgan fingerprint density at radius 3 is 2.22 bits per heavy atom. The van der Waals surface area contributed by atoms with Crippen LogP contribution in [-0.2, 0) is 4.74 Å². The molecule has 0 aromatic heterocycles. The van der Waals surface area contributed by atoms with Crippen LogP contribution in [0.5, 0.6) is 0 Å². The van der Waals surface area contributed by atoms with Gasteiger partial charge >= 0.3 is 0 Å². The standard InChI is InChI=1S/C20H32O7/c1-7-6-19(26)11(12(7)22)14(23)20-9(21)5-8-10(17(8,2)3)13(20)18(4,15(19)24)27-16(20)25/h7-16,21-26H,5-6H2,1-4H3/t7-,8-,9+,10-,11+,12-,13-,14+,15+,16?,18-,19+,20+/m0/s1. The van der Waals surface area contributed by atoms with Crippen molar-refractivity contribution in [3.8, 4) is 0 Å². The van der Waals surface area contributed by atoms with Gasteiger partial charge in [-0.15, -0.1) is 0 Å². The van der Waals surface area contributed by atoms with Crippen LogP contribution in [-0.4, -0.2) is 72.5 Å². The molecular formula is C20H32O7.